The first-order chi connectivity index (χ1) is 16.7. The van der Waals surface area contributed by atoms with Crippen LogP contribution >= 0.6 is 0 Å². The number of phenols is 2. The van der Waals surface area contributed by atoms with E-state index >= 15 is 0 Å². The minimum atomic E-state index is 0.119. The van der Waals surface area contributed by atoms with Crippen LogP contribution in [0.15, 0.2) is 70.6 Å². The number of phenolic OH excluding ortho intramolecular Hbond substituents is 2. The minimum absolute atomic E-state index is 0.119. The van der Waals surface area contributed by atoms with E-state index in [1.165, 1.54) is 0 Å². The van der Waals surface area contributed by atoms with Crippen LogP contribution < -0.4 is 9.47 Å². The summed E-state index contributed by atoms with van der Waals surface area (Å²) in [6.45, 7) is 2.47. The van der Waals surface area contributed by atoms with Gasteiger partial charge < -0.3 is 29.2 Å². The van der Waals surface area contributed by atoms with Gasteiger partial charge in [0.2, 0.25) is 0 Å². The van der Waals surface area contributed by atoms with Crippen molar-refractivity contribution in [2.24, 2.45) is 9.98 Å². The van der Waals surface area contributed by atoms with E-state index in [9.17, 15) is 10.2 Å². The number of ether oxygens (including phenoxy) is 4. The van der Waals surface area contributed by atoms with Crippen LogP contribution in [-0.2, 0) is 9.47 Å². The molecule has 0 unspecified atom stereocenters. The highest BCUT2D eigenvalue weighted by atomic mass is 16.6. The van der Waals surface area contributed by atoms with Crippen LogP contribution in [0.3, 0.4) is 0 Å². The molecule has 0 aliphatic carbocycles. The summed E-state index contributed by atoms with van der Waals surface area (Å²) in [4.78, 5) is 9.11. The summed E-state index contributed by atoms with van der Waals surface area (Å²) in [7, 11) is 0. The molecule has 0 fully saturated rings. The molecule has 0 saturated carbocycles. The highest BCUT2D eigenvalue weighted by Gasteiger charge is 2.13. The number of hydrogen-bond donors (Lipinski definition) is 2. The molecule has 0 bridgehead atoms. The van der Waals surface area contributed by atoms with Gasteiger partial charge in [-0.1, -0.05) is 24.3 Å². The van der Waals surface area contributed by atoms with Gasteiger partial charge in [-0.05, 0) is 24.3 Å². The van der Waals surface area contributed by atoms with Gasteiger partial charge in [-0.15, -0.1) is 0 Å². The maximum atomic E-state index is 10.1. The Balaban J connectivity index is 1.72. The molecule has 8 nitrogen and oxygen atoms in total. The standard InChI is InChI=1S/C26H26N2O6/c29-23-7-3-1-5-19(23)17-27-21-15-25-26(34-14-12-32-10-9-31-11-13-33-25)16-22(21)28-18-20-6-2-4-8-24(20)30/h1-8,15-18,29-30H,9-14H2. The molecule has 0 atom stereocenters. The maximum Gasteiger partial charge on any atom is 0.163 e. The summed E-state index contributed by atoms with van der Waals surface area (Å²) in [5.74, 6) is 1.23. The van der Waals surface area contributed by atoms with Gasteiger partial charge in [0.1, 0.15) is 24.7 Å². The van der Waals surface area contributed by atoms with E-state index in [-0.39, 0.29) is 11.5 Å². The molecule has 2 N–H and O–H groups in total. The lowest BCUT2D eigenvalue weighted by molar-refractivity contribution is 0.0223. The summed E-state index contributed by atoms with van der Waals surface area (Å²) in [5, 5.41) is 20.2. The van der Waals surface area contributed by atoms with E-state index in [0.717, 1.165) is 0 Å². The van der Waals surface area contributed by atoms with E-state index in [1.54, 1.807) is 61.0 Å². The van der Waals surface area contributed by atoms with Crippen molar-refractivity contribution >= 4 is 23.8 Å². The Labute approximate surface area is 197 Å². The van der Waals surface area contributed by atoms with Gasteiger partial charge in [-0.25, -0.2) is 0 Å². The zero-order chi connectivity index (χ0) is 23.6. The van der Waals surface area contributed by atoms with E-state index < -0.39 is 0 Å². The van der Waals surface area contributed by atoms with Crippen molar-refractivity contribution in [2.45, 2.75) is 0 Å². The summed E-state index contributed by atoms with van der Waals surface area (Å²) >= 11 is 0. The Hall–Kier alpha value is -3.88. The Morgan fingerprint density at radius 2 is 1.00 bits per heavy atom. The molecule has 1 aliphatic rings. The van der Waals surface area contributed by atoms with Crippen LogP contribution in [0.4, 0.5) is 11.4 Å². The summed E-state index contributed by atoms with van der Waals surface area (Å²) in [5.41, 5.74) is 2.13. The first-order valence-electron chi connectivity index (χ1n) is 10.9. The first kappa shape index (κ1) is 23.3. The number of aliphatic imine (C=N–C) groups is 2. The number of benzene rings is 3. The monoisotopic (exact) mass is 462 g/mol. The van der Waals surface area contributed by atoms with Gasteiger partial charge in [0.05, 0.1) is 37.8 Å². The minimum Gasteiger partial charge on any atom is -0.507 e. The molecular formula is C26H26N2O6. The predicted molar refractivity (Wildman–Crippen MR) is 130 cm³/mol. The van der Waals surface area contributed by atoms with Gasteiger partial charge in [0.15, 0.2) is 11.5 Å². The van der Waals surface area contributed by atoms with E-state index in [1.807, 2.05) is 12.1 Å². The largest absolute Gasteiger partial charge is 0.507 e. The maximum absolute atomic E-state index is 10.1. The van der Waals surface area contributed by atoms with E-state index in [0.29, 0.717) is 73.6 Å². The Kier molecular flexibility index (Phi) is 8.10. The third-order valence-electron chi connectivity index (χ3n) is 4.94. The zero-order valence-electron chi connectivity index (χ0n) is 18.6. The van der Waals surface area contributed by atoms with Gasteiger partial charge in [0, 0.05) is 35.7 Å². The van der Waals surface area contributed by atoms with Crippen LogP contribution in [-0.4, -0.2) is 62.3 Å². The average molecular weight is 463 g/mol. The van der Waals surface area contributed by atoms with E-state index in [2.05, 4.69) is 9.98 Å². The molecule has 0 radical (unpaired) electrons. The summed E-state index contributed by atoms with van der Waals surface area (Å²) in [6.07, 6.45) is 3.12. The second-order valence-electron chi connectivity index (χ2n) is 7.34. The van der Waals surface area contributed by atoms with Gasteiger partial charge in [-0.3, -0.25) is 9.98 Å². The molecule has 0 aromatic heterocycles. The molecule has 176 valence electrons. The molecule has 3 aromatic carbocycles. The van der Waals surface area contributed by atoms with Crippen molar-refractivity contribution in [1.29, 1.82) is 0 Å². The van der Waals surface area contributed by atoms with Gasteiger partial charge in [0.25, 0.3) is 0 Å². The number of nitrogens with zero attached hydrogens (tertiary/aromatic N) is 2. The van der Waals surface area contributed by atoms with Crippen molar-refractivity contribution in [1.82, 2.24) is 0 Å². The fourth-order valence-electron chi connectivity index (χ4n) is 3.19. The highest BCUT2D eigenvalue weighted by Crippen LogP contribution is 2.40. The van der Waals surface area contributed by atoms with Crippen LogP contribution in [0.5, 0.6) is 23.0 Å². The smallest absolute Gasteiger partial charge is 0.163 e. The highest BCUT2D eigenvalue weighted by molar-refractivity contribution is 5.90. The number of rotatable bonds is 4. The number of hydrogen-bond acceptors (Lipinski definition) is 8. The van der Waals surface area contributed by atoms with Crippen molar-refractivity contribution in [3.05, 3.63) is 71.8 Å². The third-order valence-corrected chi connectivity index (χ3v) is 4.94. The van der Waals surface area contributed by atoms with Gasteiger partial charge in [-0.2, -0.15) is 0 Å². The lowest BCUT2D eigenvalue weighted by Crippen LogP contribution is -2.15. The second kappa shape index (κ2) is 11.8. The molecule has 0 saturated heterocycles. The molecule has 3 aromatic rings. The number of para-hydroxylation sites is 2. The lowest BCUT2D eigenvalue weighted by atomic mass is 10.2. The van der Waals surface area contributed by atoms with Crippen molar-refractivity contribution in [2.75, 3.05) is 39.6 Å². The van der Waals surface area contributed by atoms with Crippen LogP contribution in [0.25, 0.3) is 0 Å². The predicted octanol–water partition coefficient (Wildman–Crippen LogP) is 4.40. The Morgan fingerprint density at radius 1 is 0.588 bits per heavy atom. The Bertz CT molecular complexity index is 1070. The molecular weight excluding hydrogens is 436 g/mol. The SMILES string of the molecule is Oc1ccccc1C=Nc1cc2c(cc1N=Cc1ccccc1O)OCCOCCOCCO2. The first-order valence-corrected chi connectivity index (χ1v) is 10.9. The zero-order valence-corrected chi connectivity index (χ0v) is 18.6. The molecule has 1 aliphatic heterocycles. The summed E-state index contributed by atoms with van der Waals surface area (Å²) < 4.78 is 22.8. The molecule has 4 rings (SSSR count). The van der Waals surface area contributed by atoms with E-state index in [4.69, 9.17) is 18.9 Å². The third kappa shape index (κ3) is 6.34. The fraction of sp³-hybridized carbons (Fsp3) is 0.231. The average Bonchev–Trinajstić information content (AvgIpc) is 2.84. The molecule has 34 heavy (non-hydrogen) atoms. The second-order valence-corrected chi connectivity index (χ2v) is 7.34. The molecule has 0 amide bonds. The molecule has 1 heterocycles. The van der Waals surface area contributed by atoms with Crippen molar-refractivity contribution in [3.63, 3.8) is 0 Å². The molecule has 0 spiro atoms. The van der Waals surface area contributed by atoms with Crippen LogP contribution in [0, 0.1) is 0 Å². The van der Waals surface area contributed by atoms with Crippen molar-refractivity contribution < 1.29 is 29.2 Å². The quantitative estimate of drug-likeness (QED) is 0.557. The number of aromatic hydroxyl groups is 2. The van der Waals surface area contributed by atoms with Gasteiger partial charge >= 0.3 is 0 Å². The van der Waals surface area contributed by atoms with Crippen LogP contribution in [0.2, 0.25) is 0 Å². The molecule has 8 heteroatoms. The summed E-state index contributed by atoms with van der Waals surface area (Å²) in [6, 6.07) is 17.3. The lowest BCUT2D eigenvalue weighted by Gasteiger charge is -2.16. The Morgan fingerprint density at radius 3 is 1.44 bits per heavy atom. The topological polar surface area (TPSA) is 102 Å². The van der Waals surface area contributed by atoms with Crippen LogP contribution in [0.1, 0.15) is 11.1 Å². The fourth-order valence-corrected chi connectivity index (χ4v) is 3.19. The van der Waals surface area contributed by atoms with Crippen molar-refractivity contribution in [3.8, 4) is 23.0 Å². The number of fused-ring (bicyclic) bond motifs is 1. The normalized spacial score (nSPS) is 15.2.